The van der Waals surface area contributed by atoms with E-state index in [1.165, 1.54) is 22.2 Å². The SMILES string of the molecule is COc1cc(C)cc2c(CN)c(C(C)C)n(C)c12. The second-order valence-electron chi connectivity index (χ2n) is 5.14. The van der Waals surface area contributed by atoms with E-state index < -0.39 is 0 Å². The molecule has 0 bridgehead atoms. The summed E-state index contributed by atoms with van der Waals surface area (Å²) in [5, 5.41) is 1.22. The summed E-state index contributed by atoms with van der Waals surface area (Å²) in [4.78, 5) is 0. The zero-order valence-corrected chi connectivity index (χ0v) is 11.9. The monoisotopic (exact) mass is 246 g/mol. The van der Waals surface area contributed by atoms with Crippen LogP contribution in [0.1, 0.15) is 36.6 Å². The van der Waals surface area contributed by atoms with E-state index in [4.69, 9.17) is 10.5 Å². The Balaban J connectivity index is 2.93. The number of rotatable bonds is 3. The van der Waals surface area contributed by atoms with Crippen LogP contribution in [-0.2, 0) is 13.6 Å². The Hall–Kier alpha value is -1.48. The van der Waals surface area contributed by atoms with Crippen molar-refractivity contribution >= 4 is 10.9 Å². The van der Waals surface area contributed by atoms with Crippen LogP contribution in [0.5, 0.6) is 5.75 Å². The summed E-state index contributed by atoms with van der Waals surface area (Å²) in [5.74, 6) is 1.38. The Labute approximate surface area is 109 Å². The molecule has 0 aliphatic carbocycles. The highest BCUT2D eigenvalue weighted by Gasteiger charge is 2.19. The Kier molecular flexibility index (Phi) is 3.35. The average Bonchev–Trinajstić information content (AvgIpc) is 2.60. The Morgan fingerprint density at radius 2 is 2.00 bits per heavy atom. The van der Waals surface area contributed by atoms with Gasteiger partial charge in [0.05, 0.1) is 12.6 Å². The van der Waals surface area contributed by atoms with Gasteiger partial charge >= 0.3 is 0 Å². The van der Waals surface area contributed by atoms with Gasteiger partial charge in [-0.15, -0.1) is 0 Å². The third kappa shape index (κ3) is 1.79. The van der Waals surface area contributed by atoms with Gasteiger partial charge in [0.15, 0.2) is 0 Å². The molecule has 1 heterocycles. The van der Waals surface area contributed by atoms with Crippen molar-refractivity contribution in [2.45, 2.75) is 33.2 Å². The van der Waals surface area contributed by atoms with Gasteiger partial charge in [0.25, 0.3) is 0 Å². The number of nitrogens with zero attached hydrogens (tertiary/aromatic N) is 1. The van der Waals surface area contributed by atoms with Gasteiger partial charge in [-0.2, -0.15) is 0 Å². The minimum absolute atomic E-state index is 0.450. The fraction of sp³-hybridized carbons (Fsp3) is 0.467. The van der Waals surface area contributed by atoms with Crippen LogP contribution < -0.4 is 10.5 Å². The average molecular weight is 246 g/mol. The summed E-state index contributed by atoms with van der Waals surface area (Å²) < 4.78 is 7.74. The molecule has 0 saturated carbocycles. The van der Waals surface area contributed by atoms with Crippen LogP contribution in [0.25, 0.3) is 10.9 Å². The van der Waals surface area contributed by atoms with Crippen molar-refractivity contribution in [1.82, 2.24) is 4.57 Å². The van der Waals surface area contributed by atoms with Crippen molar-refractivity contribution in [2.24, 2.45) is 12.8 Å². The highest BCUT2D eigenvalue weighted by atomic mass is 16.5. The van der Waals surface area contributed by atoms with Gasteiger partial charge < -0.3 is 15.0 Å². The Bertz CT molecular complexity index is 582. The van der Waals surface area contributed by atoms with Crippen LogP contribution in [-0.4, -0.2) is 11.7 Å². The predicted molar refractivity (Wildman–Crippen MR) is 76.2 cm³/mol. The number of nitrogens with two attached hydrogens (primary N) is 1. The lowest BCUT2D eigenvalue weighted by atomic mass is 10.0. The number of methoxy groups -OCH3 is 1. The molecule has 0 radical (unpaired) electrons. The molecule has 0 aliphatic heterocycles. The quantitative estimate of drug-likeness (QED) is 0.904. The van der Waals surface area contributed by atoms with E-state index in [0.29, 0.717) is 12.5 Å². The van der Waals surface area contributed by atoms with E-state index in [2.05, 4.69) is 44.5 Å². The van der Waals surface area contributed by atoms with Crippen LogP contribution in [0.15, 0.2) is 12.1 Å². The topological polar surface area (TPSA) is 40.2 Å². The molecule has 0 fully saturated rings. The van der Waals surface area contributed by atoms with Crippen molar-refractivity contribution < 1.29 is 4.74 Å². The number of aromatic nitrogens is 1. The van der Waals surface area contributed by atoms with Crippen molar-refractivity contribution in [2.75, 3.05) is 7.11 Å². The van der Waals surface area contributed by atoms with Gasteiger partial charge in [-0.1, -0.05) is 13.8 Å². The molecule has 98 valence electrons. The van der Waals surface area contributed by atoms with E-state index in [0.717, 1.165) is 11.3 Å². The normalized spacial score (nSPS) is 11.5. The van der Waals surface area contributed by atoms with Crippen molar-refractivity contribution in [1.29, 1.82) is 0 Å². The molecule has 2 aromatic rings. The first kappa shape index (κ1) is 13.0. The van der Waals surface area contributed by atoms with Crippen molar-refractivity contribution in [3.8, 4) is 5.75 Å². The molecule has 3 heteroatoms. The summed E-state index contributed by atoms with van der Waals surface area (Å²) in [6.45, 7) is 7.06. The van der Waals surface area contributed by atoms with Gasteiger partial charge in [-0.25, -0.2) is 0 Å². The molecule has 0 saturated heterocycles. The minimum Gasteiger partial charge on any atom is -0.495 e. The highest BCUT2D eigenvalue weighted by Crippen LogP contribution is 2.36. The van der Waals surface area contributed by atoms with Gasteiger partial charge in [0.2, 0.25) is 0 Å². The maximum Gasteiger partial charge on any atom is 0.143 e. The maximum absolute atomic E-state index is 5.96. The zero-order valence-electron chi connectivity index (χ0n) is 11.9. The molecule has 0 unspecified atom stereocenters. The van der Waals surface area contributed by atoms with Crippen molar-refractivity contribution in [3.05, 3.63) is 29.0 Å². The summed E-state index contributed by atoms with van der Waals surface area (Å²) in [6.07, 6.45) is 0. The number of hydrogen-bond acceptors (Lipinski definition) is 2. The number of benzene rings is 1. The van der Waals surface area contributed by atoms with E-state index in [-0.39, 0.29) is 0 Å². The van der Waals surface area contributed by atoms with Crippen molar-refractivity contribution in [3.63, 3.8) is 0 Å². The Morgan fingerprint density at radius 1 is 1.33 bits per heavy atom. The third-order valence-corrected chi connectivity index (χ3v) is 3.52. The van der Waals surface area contributed by atoms with Crippen LogP contribution in [0, 0.1) is 6.92 Å². The fourth-order valence-corrected chi connectivity index (χ4v) is 2.89. The second-order valence-corrected chi connectivity index (χ2v) is 5.14. The lowest BCUT2D eigenvalue weighted by molar-refractivity contribution is 0.417. The largest absolute Gasteiger partial charge is 0.495 e. The highest BCUT2D eigenvalue weighted by molar-refractivity contribution is 5.91. The molecule has 0 spiro atoms. The number of ether oxygens (including phenoxy) is 1. The zero-order chi connectivity index (χ0) is 13.4. The maximum atomic E-state index is 5.96. The van der Waals surface area contributed by atoms with Gasteiger partial charge in [-0.3, -0.25) is 0 Å². The van der Waals surface area contributed by atoms with Gasteiger partial charge in [0, 0.05) is 24.7 Å². The molecular formula is C15H22N2O. The molecule has 2 rings (SSSR count). The van der Waals surface area contributed by atoms with Crippen LogP contribution in [0.3, 0.4) is 0 Å². The Morgan fingerprint density at radius 3 is 2.50 bits per heavy atom. The first-order valence-electron chi connectivity index (χ1n) is 6.37. The van der Waals surface area contributed by atoms with E-state index in [1.807, 2.05) is 0 Å². The second kappa shape index (κ2) is 4.65. The number of hydrogen-bond donors (Lipinski definition) is 1. The van der Waals surface area contributed by atoms with Gasteiger partial charge in [-0.05, 0) is 36.1 Å². The van der Waals surface area contributed by atoms with Crippen LogP contribution >= 0.6 is 0 Å². The minimum atomic E-state index is 0.450. The molecule has 0 amide bonds. The molecule has 3 nitrogen and oxygen atoms in total. The first-order chi connectivity index (χ1) is 8.51. The lowest BCUT2D eigenvalue weighted by Gasteiger charge is -2.11. The van der Waals surface area contributed by atoms with E-state index in [1.54, 1.807) is 7.11 Å². The molecule has 2 N–H and O–H groups in total. The summed E-state index contributed by atoms with van der Waals surface area (Å²) in [7, 11) is 3.81. The fourth-order valence-electron chi connectivity index (χ4n) is 2.89. The summed E-state index contributed by atoms with van der Waals surface area (Å²) in [6, 6.07) is 4.28. The number of fused-ring (bicyclic) bond motifs is 1. The molecule has 0 atom stereocenters. The molecule has 1 aromatic heterocycles. The molecular weight excluding hydrogens is 224 g/mol. The molecule has 18 heavy (non-hydrogen) atoms. The number of aryl methyl sites for hydroxylation is 2. The van der Waals surface area contributed by atoms with E-state index >= 15 is 0 Å². The predicted octanol–water partition coefficient (Wildman–Crippen LogP) is 3.08. The third-order valence-electron chi connectivity index (χ3n) is 3.52. The summed E-state index contributed by atoms with van der Waals surface area (Å²) in [5.41, 5.74) is 10.8. The first-order valence-corrected chi connectivity index (χ1v) is 6.37. The van der Waals surface area contributed by atoms with Crippen LogP contribution in [0.4, 0.5) is 0 Å². The molecule has 1 aromatic carbocycles. The standard InChI is InChI=1S/C15H22N2O/c1-9(2)14-12(8-16)11-6-10(3)7-13(18-5)15(11)17(14)4/h6-7,9H,8,16H2,1-5H3. The smallest absolute Gasteiger partial charge is 0.143 e. The van der Waals surface area contributed by atoms with Gasteiger partial charge in [0.1, 0.15) is 5.75 Å². The lowest BCUT2D eigenvalue weighted by Crippen LogP contribution is -2.05. The summed E-state index contributed by atoms with van der Waals surface area (Å²) >= 11 is 0. The van der Waals surface area contributed by atoms with Crippen LogP contribution in [0.2, 0.25) is 0 Å². The molecule has 0 aliphatic rings. The van der Waals surface area contributed by atoms with E-state index in [9.17, 15) is 0 Å².